The highest BCUT2D eigenvalue weighted by Crippen LogP contribution is 2.02. The van der Waals surface area contributed by atoms with Crippen LogP contribution in [0.5, 0.6) is 0 Å². The third-order valence-corrected chi connectivity index (χ3v) is 2.46. The van der Waals surface area contributed by atoms with Gasteiger partial charge in [-0.2, -0.15) is 0 Å². The molecule has 0 aliphatic rings. The maximum absolute atomic E-state index is 11.6. The minimum atomic E-state index is -0.209. The van der Waals surface area contributed by atoms with E-state index in [1.54, 1.807) is 24.5 Å². The Morgan fingerprint density at radius 1 is 1.11 bits per heavy atom. The van der Waals surface area contributed by atoms with Crippen molar-refractivity contribution in [3.05, 3.63) is 60.4 Å². The van der Waals surface area contributed by atoms with Gasteiger partial charge in [-0.1, -0.05) is 30.3 Å². The molecule has 2 rings (SSSR count). The number of amides is 2. The van der Waals surface area contributed by atoms with Gasteiger partial charge in [-0.15, -0.1) is 0 Å². The topological polar surface area (TPSA) is 54.0 Å². The lowest BCUT2D eigenvalue weighted by atomic mass is 10.1. The Bertz CT molecular complexity index is 485. The van der Waals surface area contributed by atoms with Gasteiger partial charge in [0.2, 0.25) is 0 Å². The maximum Gasteiger partial charge on any atom is 0.319 e. The number of aromatic nitrogens is 1. The van der Waals surface area contributed by atoms with E-state index in [2.05, 4.69) is 15.6 Å². The van der Waals surface area contributed by atoms with Gasteiger partial charge in [0.25, 0.3) is 0 Å². The van der Waals surface area contributed by atoms with E-state index >= 15 is 0 Å². The lowest BCUT2D eigenvalue weighted by Crippen LogP contribution is -2.30. The minimum Gasteiger partial charge on any atom is -0.338 e. The molecule has 0 fully saturated rings. The molecule has 2 aromatic rings. The number of nitrogens with zero attached hydrogens (tertiary/aromatic N) is 1. The van der Waals surface area contributed by atoms with Crippen molar-refractivity contribution in [1.29, 1.82) is 0 Å². The smallest absolute Gasteiger partial charge is 0.319 e. The van der Waals surface area contributed by atoms with Gasteiger partial charge in [0.1, 0.15) is 0 Å². The quantitative estimate of drug-likeness (QED) is 0.863. The summed E-state index contributed by atoms with van der Waals surface area (Å²) < 4.78 is 0. The predicted molar refractivity (Wildman–Crippen MR) is 71.4 cm³/mol. The molecular weight excluding hydrogens is 226 g/mol. The van der Waals surface area contributed by atoms with Gasteiger partial charge in [0.05, 0.1) is 11.9 Å². The number of anilines is 1. The van der Waals surface area contributed by atoms with Crippen molar-refractivity contribution in [3.63, 3.8) is 0 Å². The van der Waals surface area contributed by atoms with E-state index in [0.29, 0.717) is 12.2 Å². The van der Waals surface area contributed by atoms with Crippen LogP contribution in [0.2, 0.25) is 0 Å². The van der Waals surface area contributed by atoms with Crippen LogP contribution in [-0.2, 0) is 6.42 Å². The zero-order chi connectivity index (χ0) is 12.6. The largest absolute Gasteiger partial charge is 0.338 e. The summed E-state index contributed by atoms with van der Waals surface area (Å²) in [4.78, 5) is 15.5. The molecule has 18 heavy (non-hydrogen) atoms. The number of hydrogen-bond acceptors (Lipinski definition) is 2. The SMILES string of the molecule is O=C(NCCc1ccccc1)Nc1cccnc1. The summed E-state index contributed by atoms with van der Waals surface area (Å²) in [5.74, 6) is 0. The summed E-state index contributed by atoms with van der Waals surface area (Å²) in [6, 6.07) is 13.4. The summed E-state index contributed by atoms with van der Waals surface area (Å²) in [5, 5.41) is 5.52. The highest BCUT2D eigenvalue weighted by atomic mass is 16.2. The first-order valence-corrected chi connectivity index (χ1v) is 5.83. The van der Waals surface area contributed by atoms with Crippen LogP contribution in [0.4, 0.5) is 10.5 Å². The molecule has 0 saturated heterocycles. The summed E-state index contributed by atoms with van der Waals surface area (Å²) in [5.41, 5.74) is 1.90. The molecule has 0 aliphatic heterocycles. The number of carbonyl (C=O) groups excluding carboxylic acids is 1. The molecular formula is C14H15N3O. The lowest BCUT2D eigenvalue weighted by molar-refractivity contribution is 0.252. The van der Waals surface area contributed by atoms with Gasteiger partial charge in [-0.25, -0.2) is 4.79 Å². The van der Waals surface area contributed by atoms with E-state index in [9.17, 15) is 4.79 Å². The Labute approximate surface area is 106 Å². The molecule has 1 heterocycles. The average Bonchev–Trinajstić information content (AvgIpc) is 2.41. The Morgan fingerprint density at radius 2 is 1.94 bits per heavy atom. The van der Waals surface area contributed by atoms with E-state index in [0.717, 1.165) is 6.42 Å². The van der Waals surface area contributed by atoms with Crippen LogP contribution >= 0.6 is 0 Å². The second-order valence-electron chi connectivity index (χ2n) is 3.86. The normalized spacial score (nSPS) is 9.78. The Hall–Kier alpha value is -2.36. The van der Waals surface area contributed by atoms with Crippen molar-refractivity contribution in [2.24, 2.45) is 0 Å². The van der Waals surface area contributed by atoms with Crippen molar-refractivity contribution >= 4 is 11.7 Å². The van der Waals surface area contributed by atoms with Gasteiger partial charge < -0.3 is 10.6 Å². The van der Waals surface area contributed by atoms with Gasteiger partial charge in [-0.3, -0.25) is 4.98 Å². The number of carbonyl (C=O) groups is 1. The molecule has 0 saturated carbocycles. The van der Waals surface area contributed by atoms with Gasteiger partial charge in [-0.05, 0) is 24.1 Å². The summed E-state index contributed by atoms with van der Waals surface area (Å²) in [7, 11) is 0. The molecule has 1 aromatic heterocycles. The van der Waals surface area contributed by atoms with Crippen LogP contribution in [0.25, 0.3) is 0 Å². The lowest BCUT2D eigenvalue weighted by Gasteiger charge is -2.07. The number of nitrogens with one attached hydrogen (secondary N) is 2. The van der Waals surface area contributed by atoms with E-state index in [-0.39, 0.29) is 6.03 Å². The molecule has 4 nitrogen and oxygen atoms in total. The molecule has 2 amide bonds. The van der Waals surface area contributed by atoms with E-state index < -0.39 is 0 Å². The Kier molecular flexibility index (Phi) is 4.30. The zero-order valence-electron chi connectivity index (χ0n) is 9.97. The molecule has 1 aromatic carbocycles. The Balaban J connectivity index is 1.73. The Morgan fingerprint density at radius 3 is 2.67 bits per heavy atom. The second-order valence-corrected chi connectivity index (χ2v) is 3.86. The van der Waals surface area contributed by atoms with Crippen LogP contribution in [0.15, 0.2) is 54.9 Å². The molecule has 92 valence electrons. The fourth-order valence-electron chi connectivity index (χ4n) is 1.58. The first kappa shape index (κ1) is 12.1. The van der Waals surface area contributed by atoms with Crippen molar-refractivity contribution in [3.8, 4) is 0 Å². The standard InChI is InChI=1S/C14H15N3O/c18-14(17-13-7-4-9-15-11-13)16-10-8-12-5-2-1-3-6-12/h1-7,9,11H,8,10H2,(H2,16,17,18). The maximum atomic E-state index is 11.6. The fourth-order valence-corrected chi connectivity index (χ4v) is 1.58. The van der Waals surface area contributed by atoms with Crippen LogP contribution in [0.1, 0.15) is 5.56 Å². The predicted octanol–water partition coefficient (Wildman–Crippen LogP) is 2.45. The van der Waals surface area contributed by atoms with E-state index in [1.807, 2.05) is 30.3 Å². The third-order valence-electron chi connectivity index (χ3n) is 2.46. The average molecular weight is 241 g/mol. The summed E-state index contributed by atoms with van der Waals surface area (Å²) in [6.45, 7) is 0.607. The third kappa shape index (κ3) is 3.90. The van der Waals surface area contributed by atoms with Gasteiger partial charge in [0, 0.05) is 12.7 Å². The molecule has 2 N–H and O–H groups in total. The van der Waals surface area contributed by atoms with Crippen molar-refractivity contribution in [2.45, 2.75) is 6.42 Å². The number of pyridine rings is 1. The monoisotopic (exact) mass is 241 g/mol. The first-order chi connectivity index (χ1) is 8.84. The number of rotatable bonds is 4. The van der Waals surface area contributed by atoms with Crippen molar-refractivity contribution in [2.75, 3.05) is 11.9 Å². The first-order valence-electron chi connectivity index (χ1n) is 5.83. The van der Waals surface area contributed by atoms with Crippen molar-refractivity contribution < 1.29 is 4.79 Å². The van der Waals surface area contributed by atoms with Crippen LogP contribution in [0, 0.1) is 0 Å². The van der Waals surface area contributed by atoms with Crippen LogP contribution in [-0.4, -0.2) is 17.6 Å². The van der Waals surface area contributed by atoms with Crippen molar-refractivity contribution in [1.82, 2.24) is 10.3 Å². The number of urea groups is 1. The molecule has 0 aliphatic carbocycles. The highest BCUT2D eigenvalue weighted by molar-refractivity contribution is 5.88. The fraction of sp³-hybridized carbons (Fsp3) is 0.143. The highest BCUT2D eigenvalue weighted by Gasteiger charge is 2.00. The summed E-state index contributed by atoms with van der Waals surface area (Å²) >= 11 is 0. The van der Waals surface area contributed by atoms with Gasteiger partial charge in [0.15, 0.2) is 0 Å². The number of benzene rings is 1. The molecule has 0 bridgehead atoms. The minimum absolute atomic E-state index is 0.209. The molecule has 4 heteroatoms. The zero-order valence-corrected chi connectivity index (χ0v) is 9.97. The van der Waals surface area contributed by atoms with Crippen LogP contribution in [0.3, 0.4) is 0 Å². The van der Waals surface area contributed by atoms with Crippen LogP contribution < -0.4 is 10.6 Å². The number of hydrogen-bond donors (Lipinski definition) is 2. The molecule has 0 radical (unpaired) electrons. The van der Waals surface area contributed by atoms with E-state index in [1.165, 1.54) is 5.56 Å². The summed E-state index contributed by atoms with van der Waals surface area (Å²) in [6.07, 6.45) is 4.09. The molecule has 0 unspecified atom stereocenters. The van der Waals surface area contributed by atoms with E-state index in [4.69, 9.17) is 0 Å². The van der Waals surface area contributed by atoms with Gasteiger partial charge >= 0.3 is 6.03 Å². The second kappa shape index (κ2) is 6.39. The molecule has 0 spiro atoms. The molecule has 0 atom stereocenters.